The van der Waals surface area contributed by atoms with Gasteiger partial charge in [-0.05, 0) is 62.4 Å². The van der Waals surface area contributed by atoms with E-state index in [1.54, 1.807) is 0 Å². The summed E-state index contributed by atoms with van der Waals surface area (Å²) in [5.74, 6) is -3.66. The number of amides is 1. The maximum atomic E-state index is 13.1. The highest BCUT2D eigenvalue weighted by Gasteiger charge is 2.33. The lowest BCUT2D eigenvalue weighted by Gasteiger charge is -2.37. The number of piperidine rings is 2. The largest absolute Gasteiger partial charge is 0.473 e. The molecule has 1 unspecified atom stereocenters. The summed E-state index contributed by atoms with van der Waals surface area (Å²) in [6, 6.07) is 19.2. The third kappa shape index (κ3) is 8.41. The van der Waals surface area contributed by atoms with Crippen LogP contribution in [0.5, 0.6) is 0 Å². The van der Waals surface area contributed by atoms with Gasteiger partial charge in [0.1, 0.15) is 0 Å². The van der Waals surface area contributed by atoms with Crippen molar-refractivity contribution in [1.29, 1.82) is 0 Å². The van der Waals surface area contributed by atoms with Gasteiger partial charge in [-0.25, -0.2) is 9.59 Å². The molecule has 2 aliphatic heterocycles. The normalized spacial score (nSPS) is 18.1. The number of rotatable bonds is 6. The van der Waals surface area contributed by atoms with Gasteiger partial charge in [-0.3, -0.25) is 14.5 Å². The second-order valence-electron chi connectivity index (χ2n) is 9.60. The fourth-order valence-corrected chi connectivity index (χ4v) is 4.92. The van der Waals surface area contributed by atoms with E-state index in [9.17, 15) is 9.59 Å². The highest BCUT2D eigenvalue weighted by Crippen LogP contribution is 2.26. The van der Waals surface area contributed by atoms with Gasteiger partial charge in [0.25, 0.3) is 0 Å². The summed E-state index contributed by atoms with van der Waals surface area (Å²) in [5.41, 5.74) is 3.78. The molecule has 1 atom stereocenters. The van der Waals surface area contributed by atoms with Crippen LogP contribution in [0, 0.1) is 11.8 Å². The van der Waals surface area contributed by atoms with Gasteiger partial charge >= 0.3 is 17.9 Å². The van der Waals surface area contributed by atoms with Crippen LogP contribution in [0.1, 0.15) is 38.2 Å². The summed E-state index contributed by atoms with van der Waals surface area (Å²) in [6.45, 7) is 6.31. The predicted molar refractivity (Wildman–Crippen MR) is 141 cm³/mol. The zero-order chi connectivity index (χ0) is 27.5. The molecule has 2 N–H and O–H groups in total. The minimum absolute atomic E-state index is 0.0765. The molecule has 0 bridgehead atoms. The van der Waals surface area contributed by atoms with E-state index in [0.717, 1.165) is 51.9 Å². The zero-order valence-electron chi connectivity index (χ0n) is 21.8. The second kappa shape index (κ2) is 14.3. The quantitative estimate of drug-likeness (QED) is 0.435. The van der Waals surface area contributed by atoms with Gasteiger partial charge < -0.3 is 19.8 Å². The summed E-state index contributed by atoms with van der Waals surface area (Å²) in [7, 11) is 0. The van der Waals surface area contributed by atoms with Crippen molar-refractivity contribution in [1.82, 2.24) is 9.80 Å². The molecule has 0 radical (unpaired) electrons. The molecule has 2 aliphatic rings. The van der Waals surface area contributed by atoms with Crippen LogP contribution in [0.4, 0.5) is 0 Å². The number of ether oxygens (including phenoxy) is 1. The van der Waals surface area contributed by atoms with Crippen LogP contribution in [0.2, 0.25) is 0 Å². The molecule has 2 heterocycles. The summed E-state index contributed by atoms with van der Waals surface area (Å²) in [5, 5.41) is 14.8. The van der Waals surface area contributed by atoms with Crippen LogP contribution in [0.25, 0.3) is 11.1 Å². The molecular weight excluding hydrogens is 488 g/mol. The first-order valence-electron chi connectivity index (χ1n) is 13.1. The Balaban J connectivity index is 0.000000599. The lowest BCUT2D eigenvalue weighted by molar-refractivity contribution is -0.159. The molecular formula is C29H36N2O7. The second-order valence-corrected chi connectivity index (χ2v) is 9.60. The third-order valence-corrected chi connectivity index (χ3v) is 6.94. The Morgan fingerprint density at radius 3 is 2.00 bits per heavy atom. The average molecular weight is 525 g/mol. The number of carbonyl (C=O) groups is 4. The lowest BCUT2D eigenvalue weighted by Crippen LogP contribution is -2.47. The van der Waals surface area contributed by atoms with Gasteiger partial charge in [0.2, 0.25) is 5.91 Å². The minimum atomic E-state index is -1.82. The molecule has 2 saturated heterocycles. The predicted octanol–water partition coefficient (Wildman–Crippen LogP) is 3.52. The maximum absolute atomic E-state index is 13.1. The fourth-order valence-electron chi connectivity index (χ4n) is 4.92. The SMILES string of the molecule is CCOC(=O)C1CCCN(C(=O)C2CCN(Cc3ccc(-c4ccccc4)cc3)CC2)C1.O=C(O)C(=O)O. The van der Waals surface area contributed by atoms with Crippen molar-refractivity contribution in [2.75, 3.05) is 32.8 Å². The van der Waals surface area contributed by atoms with Gasteiger partial charge in [0.15, 0.2) is 0 Å². The molecule has 204 valence electrons. The van der Waals surface area contributed by atoms with Gasteiger partial charge in [-0.15, -0.1) is 0 Å². The Hall–Kier alpha value is -3.72. The molecule has 9 heteroatoms. The molecule has 1 amide bonds. The van der Waals surface area contributed by atoms with Crippen molar-refractivity contribution in [3.05, 3.63) is 60.2 Å². The van der Waals surface area contributed by atoms with E-state index in [4.69, 9.17) is 24.5 Å². The fraction of sp³-hybridized carbons (Fsp3) is 0.448. The van der Waals surface area contributed by atoms with Crippen LogP contribution in [0.15, 0.2) is 54.6 Å². The average Bonchev–Trinajstić information content (AvgIpc) is 2.94. The Kier molecular flexibility index (Phi) is 10.8. The number of esters is 1. The van der Waals surface area contributed by atoms with Crippen LogP contribution in [0.3, 0.4) is 0 Å². The van der Waals surface area contributed by atoms with Crippen LogP contribution in [-0.4, -0.2) is 76.6 Å². The van der Waals surface area contributed by atoms with Gasteiger partial charge in [0.05, 0.1) is 12.5 Å². The molecule has 0 saturated carbocycles. The number of carbonyl (C=O) groups excluding carboxylic acids is 2. The van der Waals surface area contributed by atoms with Crippen LogP contribution < -0.4 is 0 Å². The number of hydrogen-bond donors (Lipinski definition) is 2. The monoisotopic (exact) mass is 524 g/mol. The number of nitrogens with zero attached hydrogens (tertiary/aromatic N) is 2. The van der Waals surface area contributed by atoms with Gasteiger partial charge in [-0.2, -0.15) is 0 Å². The number of benzene rings is 2. The summed E-state index contributed by atoms with van der Waals surface area (Å²) < 4.78 is 5.17. The molecule has 2 fully saturated rings. The van der Waals surface area contributed by atoms with E-state index in [2.05, 4.69) is 53.4 Å². The van der Waals surface area contributed by atoms with Crippen LogP contribution in [-0.2, 0) is 30.5 Å². The molecule has 4 rings (SSSR count). The highest BCUT2D eigenvalue weighted by atomic mass is 16.5. The van der Waals surface area contributed by atoms with Crippen molar-refractivity contribution < 1.29 is 34.1 Å². The first-order chi connectivity index (χ1) is 18.3. The molecule has 38 heavy (non-hydrogen) atoms. The van der Waals surface area contributed by atoms with E-state index in [1.165, 1.54) is 16.7 Å². The molecule has 0 spiro atoms. The summed E-state index contributed by atoms with van der Waals surface area (Å²) >= 11 is 0. The summed E-state index contributed by atoms with van der Waals surface area (Å²) in [4.78, 5) is 47.7. The molecule has 2 aromatic rings. The number of hydrogen-bond acceptors (Lipinski definition) is 6. The van der Waals surface area contributed by atoms with Crippen LogP contribution >= 0.6 is 0 Å². The Morgan fingerprint density at radius 2 is 1.42 bits per heavy atom. The number of carboxylic acid groups (broad SMARTS) is 2. The Bertz CT molecular complexity index is 1070. The Labute approximate surface area is 223 Å². The lowest BCUT2D eigenvalue weighted by atomic mass is 9.92. The first-order valence-corrected chi connectivity index (χ1v) is 13.1. The smallest absolute Gasteiger partial charge is 0.414 e. The van der Waals surface area contributed by atoms with Crippen molar-refractivity contribution >= 4 is 23.8 Å². The molecule has 2 aromatic carbocycles. The number of likely N-dealkylation sites (tertiary alicyclic amines) is 2. The van der Waals surface area contributed by atoms with Crippen molar-refractivity contribution in [2.24, 2.45) is 11.8 Å². The number of aliphatic carboxylic acids is 2. The third-order valence-electron chi connectivity index (χ3n) is 6.94. The van der Waals surface area contributed by atoms with Crippen molar-refractivity contribution in [3.63, 3.8) is 0 Å². The summed E-state index contributed by atoms with van der Waals surface area (Å²) in [6.07, 6.45) is 3.49. The maximum Gasteiger partial charge on any atom is 0.414 e. The standard InChI is InChI=1S/C27H34N2O3.C2H2O4/c1-2-32-27(31)25-9-6-16-29(20-25)26(30)24-14-17-28(18-15-24)19-21-10-12-23(13-11-21)22-7-4-3-5-8-22;3-1(4)2(5)6/h3-5,7-8,10-13,24-25H,2,6,9,14-20H2,1H3;(H,3,4)(H,5,6). The molecule has 9 nitrogen and oxygen atoms in total. The number of carboxylic acids is 2. The van der Waals surface area contributed by atoms with Gasteiger partial charge in [-0.1, -0.05) is 54.6 Å². The van der Waals surface area contributed by atoms with E-state index >= 15 is 0 Å². The Morgan fingerprint density at radius 1 is 0.816 bits per heavy atom. The first kappa shape index (κ1) is 28.8. The minimum Gasteiger partial charge on any atom is -0.473 e. The van der Waals surface area contributed by atoms with E-state index in [-0.39, 0.29) is 23.7 Å². The van der Waals surface area contributed by atoms with Crippen molar-refractivity contribution in [2.45, 2.75) is 39.2 Å². The highest BCUT2D eigenvalue weighted by molar-refractivity contribution is 6.27. The zero-order valence-corrected chi connectivity index (χ0v) is 21.8. The van der Waals surface area contributed by atoms with E-state index < -0.39 is 11.9 Å². The topological polar surface area (TPSA) is 124 Å². The van der Waals surface area contributed by atoms with E-state index in [0.29, 0.717) is 13.2 Å². The molecule has 0 aromatic heterocycles. The van der Waals surface area contributed by atoms with E-state index in [1.807, 2.05) is 17.9 Å². The van der Waals surface area contributed by atoms with Crippen molar-refractivity contribution in [3.8, 4) is 11.1 Å². The molecule has 0 aliphatic carbocycles. The van der Waals surface area contributed by atoms with Gasteiger partial charge in [0, 0.05) is 25.6 Å².